The molecule has 11 heavy (non-hydrogen) atoms. The fourth-order valence-electron chi connectivity index (χ4n) is 0.977. The number of aromatic nitrogens is 3. The molecule has 0 aromatic carbocycles. The highest BCUT2D eigenvalue weighted by Gasteiger charge is 2.30. The van der Waals surface area contributed by atoms with E-state index in [1.807, 2.05) is 0 Å². The average Bonchev–Trinajstić information content (AvgIpc) is 2.68. The summed E-state index contributed by atoms with van der Waals surface area (Å²) in [6.45, 7) is 4.27. The van der Waals surface area contributed by atoms with Crippen LogP contribution in [0.15, 0.2) is 0 Å². The van der Waals surface area contributed by atoms with Gasteiger partial charge in [0.25, 0.3) is 0 Å². The van der Waals surface area contributed by atoms with Gasteiger partial charge in [-0.1, -0.05) is 25.9 Å². The summed E-state index contributed by atoms with van der Waals surface area (Å²) < 4.78 is 0. The summed E-state index contributed by atoms with van der Waals surface area (Å²) in [6.07, 6.45) is 0. The first-order chi connectivity index (χ1) is 5.27. The molecular formula is C7H12N3Si. The Morgan fingerprint density at radius 3 is 2.64 bits per heavy atom. The van der Waals surface area contributed by atoms with Crippen LogP contribution in [0.2, 0.25) is 12.1 Å². The predicted octanol–water partition coefficient (Wildman–Crippen LogP) is 0.643. The summed E-state index contributed by atoms with van der Waals surface area (Å²) in [7, 11) is -0.228. The van der Waals surface area contributed by atoms with Crippen LogP contribution in [-0.2, 0) is 0 Å². The second-order valence-electron chi connectivity index (χ2n) is 3.30. The molecule has 0 unspecified atom stereocenters. The predicted molar refractivity (Wildman–Crippen MR) is 45.5 cm³/mol. The molecule has 1 aromatic rings. The largest absolute Gasteiger partial charge is 0.263 e. The van der Waals surface area contributed by atoms with Crippen molar-refractivity contribution < 1.29 is 0 Å². The van der Waals surface area contributed by atoms with Crippen molar-refractivity contribution in [2.75, 3.05) is 0 Å². The maximum Gasteiger partial charge on any atom is 0.138 e. The van der Waals surface area contributed by atoms with E-state index < -0.39 is 0 Å². The first-order valence-electron chi connectivity index (χ1n) is 4.04. The van der Waals surface area contributed by atoms with Gasteiger partial charge in [-0.15, -0.1) is 0 Å². The molecule has 1 fully saturated rings. The van der Waals surface area contributed by atoms with E-state index in [2.05, 4.69) is 29.0 Å². The number of hydrogen-bond acceptors (Lipinski definition) is 2. The molecule has 0 atom stereocenters. The van der Waals surface area contributed by atoms with Gasteiger partial charge in [0.05, 0.1) is 0 Å². The standard InChI is InChI=1S/C7H12N3Si/c1-5(2)6-8-7(10-9-6)11-3-4-11/h5H,3-4H2,1-2H3,(H,8,9,10). The summed E-state index contributed by atoms with van der Waals surface area (Å²) >= 11 is 0. The molecule has 2 rings (SSSR count). The van der Waals surface area contributed by atoms with E-state index in [0.717, 1.165) is 11.3 Å². The van der Waals surface area contributed by atoms with Gasteiger partial charge in [0, 0.05) is 5.92 Å². The molecule has 0 bridgehead atoms. The van der Waals surface area contributed by atoms with E-state index in [9.17, 15) is 0 Å². The Kier molecular flexibility index (Phi) is 1.56. The Morgan fingerprint density at radius 2 is 2.18 bits per heavy atom. The van der Waals surface area contributed by atoms with Crippen LogP contribution in [0.5, 0.6) is 0 Å². The second-order valence-corrected chi connectivity index (χ2v) is 5.96. The lowest BCUT2D eigenvalue weighted by molar-refractivity contribution is 0.781. The molecule has 1 radical (unpaired) electrons. The molecule has 4 heteroatoms. The summed E-state index contributed by atoms with van der Waals surface area (Å²) in [5.74, 6) is 1.53. The normalized spacial score (nSPS) is 17.7. The van der Waals surface area contributed by atoms with E-state index in [1.54, 1.807) is 0 Å². The van der Waals surface area contributed by atoms with Gasteiger partial charge in [-0.2, -0.15) is 5.10 Å². The minimum absolute atomic E-state index is 0.228. The monoisotopic (exact) mass is 166 g/mol. The Balaban J connectivity index is 2.18. The van der Waals surface area contributed by atoms with E-state index in [1.165, 1.54) is 12.1 Å². The molecule has 59 valence electrons. The zero-order valence-corrected chi connectivity index (χ0v) is 7.89. The van der Waals surface area contributed by atoms with Crippen LogP contribution in [0.25, 0.3) is 0 Å². The van der Waals surface area contributed by atoms with Crippen LogP contribution < -0.4 is 5.45 Å². The summed E-state index contributed by atoms with van der Waals surface area (Å²) in [5, 5.41) is 7.20. The number of H-pyrrole nitrogens is 1. The van der Waals surface area contributed by atoms with E-state index in [-0.39, 0.29) is 8.80 Å². The molecule has 0 aliphatic carbocycles. The lowest BCUT2D eigenvalue weighted by atomic mass is 10.2. The molecule has 1 aromatic heterocycles. The van der Waals surface area contributed by atoms with Gasteiger partial charge in [0.15, 0.2) is 0 Å². The number of rotatable bonds is 2. The maximum absolute atomic E-state index is 4.45. The number of hydrogen-bond donors (Lipinski definition) is 1. The fourth-order valence-corrected chi connectivity index (χ4v) is 2.42. The van der Waals surface area contributed by atoms with Gasteiger partial charge in [0.2, 0.25) is 0 Å². The second kappa shape index (κ2) is 2.44. The average molecular weight is 166 g/mol. The maximum atomic E-state index is 4.45. The van der Waals surface area contributed by atoms with Crippen molar-refractivity contribution in [3.8, 4) is 0 Å². The van der Waals surface area contributed by atoms with Crippen molar-refractivity contribution in [1.29, 1.82) is 0 Å². The number of nitrogens with one attached hydrogen (secondary N) is 1. The smallest absolute Gasteiger partial charge is 0.138 e. The van der Waals surface area contributed by atoms with Crippen molar-refractivity contribution in [2.24, 2.45) is 0 Å². The van der Waals surface area contributed by atoms with Crippen molar-refractivity contribution >= 4 is 14.2 Å². The Hall–Kier alpha value is -0.643. The topological polar surface area (TPSA) is 41.6 Å². The zero-order valence-electron chi connectivity index (χ0n) is 6.89. The first kappa shape index (κ1) is 7.03. The first-order valence-corrected chi connectivity index (χ1v) is 5.96. The van der Waals surface area contributed by atoms with Gasteiger partial charge >= 0.3 is 0 Å². The Morgan fingerprint density at radius 1 is 1.45 bits per heavy atom. The van der Waals surface area contributed by atoms with Crippen molar-refractivity contribution in [2.45, 2.75) is 31.9 Å². The van der Waals surface area contributed by atoms with Crippen molar-refractivity contribution in [1.82, 2.24) is 15.2 Å². The summed E-state index contributed by atoms with van der Waals surface area (Å²) in [6, 6.07) is 2.75. The zero-order chi connectivity index (χ0) is 7.84. The Bertz CT molecular complexity index is 235. The van der Waals surface area contributed by atoms with Gasteiger partial charge in [-0.05, 0) is 0 Å². The van der Waals surface area contributed by atoms with Crippen molar-refractivity contribution in [3.05, 3.63) is 5.82 Å². The van der Waals surface area contributed by atoms with Crippen LogP contribution in [0.4, 0.5) is 0 Å². The molecule has 1 saturated heterocycles. The molecule has 2 heterocycles. The van der Waals surface area contributed by atoms with Crippen LogP contribution >= 0.6 is 0 Å². The van der Waals surface area contributed by atoms with Gasteiger partial charge in [0.1, 0.15) is 20.1 Å². The van der Waals surface area contributed by atoms with Gasteiger partial charge < -0.3 is 0 Å². The molecular weight excluding hydrogens is 154 g/mol. The highest BCUT2D eigenvalue weighted by atomic mass is 28.3. The summed E-state index contributed by atoms with van der Waals surface area (Å²) in [5.41, 5.74) is 1.12. The molecule has 1 N–H and O–H groups in total. The number of aromatic amines is 1. The van der Waals surface area contributed by atoms with Gasteiger partial charge in [-0.25, -0.2) is 4.98 Å². The van der Waals surface area contributed by atoms with Crippen LogP contribution in [-0.4, -0.2) is 24.0 Å². The van der Waals surface area contributed by atoms with E-state index in [4.69, 9.17) is 0 Å². The molecule has 0 spiro atoms. The third-order valence-electron chi connectivity index (χ3n) is 1.87. The van der Waals surface area contributed by atoms with E-state index >= 15 is 0 Å². The summed E-state index contributed by atoms with van der Waals surface area (Å²) in [4.78, 5) is 4.45. The van der Waals surface area contributed by atoms with Crippen LogP contribution in [0, 0.1) is 0 Å². The molecule has 1 aliphatic rings. The third kappa shape index (κ3) is 1.35. The SMILES string of the molecule is CC(C)c1nc([Si]2CC2)n[nH]1. The van der Waals surface area contributed by atoms with Gasteiger partial charge in [-0.3, -0.25) is 5.10 Å². The fraction of sp³-hybridized carbons (Fsp3) is 0.714. The van der Waals surface area contributed by atoms with Crippen LogP contribution in [0.3, 0.4) is 0 Å². The lowest BCUT2D eigenvalue weighted by Crippen LogP contribution is -2.19. The molecule has 1 aliphatic heterocycles. The quantitative estimate of drug-likeness (QED) is 0.655. The Labute approximate surface area is 67.8 Å². The molecule has 3 nitrogen and oxygen atoms in total. The molecule has 0 amide bonds. The molecule has 0 saturated carbocycles. The number of nitrogens with zero attached hydrogens (tertiary/aromatic N) is 2. The third-order valence-corrected chi connectivity index (χ3v) is 3.72. The highest BCUT2D eigenvalue weighted by Crippen LogP contribution is 2.19. The minimum atomic E-state index is -0.228. The lowest BCUT2D eigenvalue weighted by Gasteiger charge is -1.94. The van der Waals surface area contributed by atoms with E-state index in [0.29, 0.717) is 5.92 Å². The van der Waals surface area contributed by atoms with Crippen molar-refractivity contribution in [3.63, 3.8) is 0 Å². The highest BCUT2D eigenvalue weighted by molar-refractivity contribution is 6.80. The van der Waals surface area contributed by atoms with Crippen LogP contribution in [0.1, 0.15) is 25.6 Å². The minimum Gasteiger partial charge on any atom is -0.263 e.